The molecule has 22 heavy (non-hydrogen) atoms. The lowest BCUT2D eigenvalue weighted by Crippen LogP contribution is -1.91. The number of hydrogen-bond donors (Lipinski definition) is 1. The van der Waals surface area contributed by atoms with Crippen LogP contribution in [0.4, 0.5) is 10.8 Å². The van der Waals surface area contributed by atoms with E-state index in [4.69, 9.17) is 0 Å². The molecular weight excluding hydrogens is 300 g/mol. The SMILES string of the molecule is Cc1cccc2nc(N/N=C/c3ccc([N+](=O)[O-])cc3)sc12. The molecule has 0 aliphatic carbocycles. The van der Waals surface area contributed by atoms with Gasteiger partial charge in [0.1, 0.15) is 0 Å². The van der Waals surface area contributed by atoms with Gasteiger partial charge in [-0.25, -0.2) is 4.98 Å². The lowest BCUT2D eigenvalue weighted by atomic mass is 10.2. The summed E-state index contributed by atoms with van der Waals surface area (Å²) in [5.74, 6) is 0. The van der Waals surface area contributed by atoms with E-state index in [-0.39, 0.29) is 5.69 Å². The molecule has 3 rings (SSSR count). The zero-order valence-electron chi connectivity index (χ0n) is 11.7. The molecule has 0 unspecified atom stereocenters. The van der Waals surface area contributed by atoms with Crippen LogP contribution in [0.5, 0.6) is 0 Å². The molecule has 0 saturated carbocycles. The van der Waals surface area contributed by atoms with Crippen LogP contribution in [-0.4, -0.2) is 16.1 Å². The molecule has 0 bridgehead atoms. The first-order valence-electron chi connectivity index (χ1n) is 6.53. The van der Waals surface area contributed by atoms with Crippen LogP contribution in [-0.2, 0) is 0 Å². The Kier molecular flexibility index (Phi) is 3.80. The molecule has 0 aliphatic rings. The Labute approximate surface area is 130 Å². The van der Waals surface area contributed by atoms with E-state index >= 15 is 0 Å². The molecule has 0 aliphatic heterocycles. The number of nitro benzene ring substituents is 1. The van der Waals surface area contributed by atoms with Crippen molar-refractivity contribution in [1.82, 2.24) is 4.98 Å². The van der Waals surface area contributed by atoms with E-state index in [0.717, 1.165) is 15.8 Å². The van der Waals surface area contributed by atoms with E-state index in [1.54, 1.807) is 29.7 Å². The first-order valence-corrected chi connectivity index (χ1v) is 7.35. The van der Waals surface area contributed by atoms with Crippen LogP contribution in [0.3, 0.4) is 0 Å². The number of fused-ring (bicyclic) bond motifs is 1. The standard InChI is InChI=1S/C15H12N4O2S/c1-10-3-2-4-13-14(10)22-15(17-13)18-16-9-11-5-7-12(8-6-11)19(20)21/h2-9H,1H3,(H,17,18)/b16-9+. The number of hydrazone groups is 1. The number of nitrogens with one attached hydrogen (secondary N) is 1. The average Bonchev–Trinajstić information content (AvgIpc) is 2.92. The van der Waals surface area contributed by atoms with Gasteiger partial charge in [-0.1, -0.05) is 23.5 Å². The summed E-state index contributed by atoms with van der Waals surface area (Å²) < 4.78 is 1.13. The molecule has 2 aromatic carbocycles. The third-order valence-corrected chi connectivity index (χ3v) is 4.20. The smallest absolute Gasteiger partial charge is 0.258 e. The van der Waals surface area contributed by atoms with Crippen molar-refractivity contribution in [3.63, 3.8) is 0 Å². The van der Waals surface area contributed by atoms with Gasteiger partial charge in [-0.05, 0) is 36.2 Å². The van der Waals surface area contributed by atoms with Crippen LogP contribution in [0, 0.1) is 17.0 Å². The average molecular weight is 312 g/mol. The first-order chi connectivity index (χ1) is 10.6. The summed E-state index contributed by atoms with van der Waals surface area (Å²) in [6, 6.07) is 12.2. The molecule has 0 amide bonds. The van der Waals surface area contributed by atoms with Crippen LogP contribution in [0.25, 0.3) is 10.2 Å². The van der Waals surface area contributed by atoms with Crippen molar-refractivity contribution in [3.8, 4) is 0 Å². The highest BCUT2D eigenvalue weighted by Gasteiger charge is 2.05. The number of hydrogen-bond acceptors (Lipinski definition) is 6. The van der Waals surface area contributed by atoms with Gasteiger partial charge < -0.3 is 0 Å². The number of non-ortho nitro benzene ring substituents is 1. The molecule has 3 aromatic rings. The number of rotatable bonds is 4. The van der Waals surface area contributed by atoms with Crippen molar-refractivity contribution >= 4 is 38.6 Å². The van der Waals surface area contributed by atoms with Crippen LogP contribution < -0.4 is 5.43 Å². The van der Waals surface area contributed by atoms with Crippen LogP contribution in [0.2, 0.25) is 0 Å². The second-order valence-electron chi connectivity index (χ2n) is 4.66. The molecule has 110 valence electrons. The van der Waals surface area contributed by atoms with Gasteiger partial charge >= 0.3 is 0 Å². The lowest BCUT2D eigenvalue weighted by molar-refractivity contribution is -0.384. The van der Waals surface area contributed by atoms with Crippen molar-refractivity contribution in [2.45, 2.75) is 6.92 Å². The maximum absolute atomic E-state index is 10.6. The Bertz CT molecular complexity index is 856. The van der Waals surface area contributed by atoms with Crippen molar-refractivity contribution in [1.29, 1.82) is 0 Å². The van der Waals surface area contributed by atoms with Crippen LogP contribution >= 0.6 is 11.3 Å². The maximum Gasteiger partial charge on any atom is 0.269 e. The summed E-state index contributed by atoms with van der Waals surface area (Å²) in [6.07, 6.45) is 1.60. The highest BCUT2D eigenvalue weighted by Crippen LogP contribution is 2.28. The van der Waals surface area contributed by atoms with E-state index in [9.17, 15) is 10.1 Å². The number of nitrogens with zero attached hydrogens (tertiary/aromatic N) is 3. The summed E-state index contributed by atoms with van der Waals surface area (Å²) in [4.78, 5) is 14.6. The molecule has 0 fully saturated rings. The Balaban J connectivity index is 1.73. The first kappa shape index (κ1) is 14.2. The quantitative estimate of drug-likeness (QED) is 0.449. The Morgan fingerprint density at radius 3 is 2.73 bits per heavy atom. The lowest BCUT2D eigenvalue weighted by Gasteiger charge is -1.94. The second-order valence-corrected chi connectivity index (χ2v) is 5.66. The molecule has 7 heteroatoms. The summed E-state index contributed by atoms with van der Waals surface area (Å²) >= 11 is 1.54. The van der Waals surface area contributed by atoms with Gasteiger partial charge in [0.25, 0.3) is 5.69 Å². The zero-order valence-corrected chi connectivity index (χ0v) is 12.5. The number of aryl methyl sites for hydroxylation is 1. The minimum Gasteiger partial charge on any atom is -0.258 e. The van der Waals surface area contributed by atoms with Gasteiger partial charge in [0.05, 0.1) is 21.4 Å². The number of thiazole rings is 1. The normalized spacial score (nSPS) is 11.1. The fourth-order valence-electron chi connectivity index (χ4n) is 1.98. The van der Waals surface area contributed by atoms with E-state index in [1.165, 1.54) is 17.7 Å². The highest BCUT2D eigenvalue weighted by molar-refractivity contribution is 7.22. The van der Waals surface area contributed by atoms with Crippen LogP contribution in [0.15, 0.2) is 47.6 Å². The van der Waals surface area contributed by atoms with E-state index in [1.807, 2.05) is 25.1 Å². The van der Waals surface area contributed by atoms with E-state index < -0.39 is 4.92 Å². The molecular formula is C15H12N4O2S. The van der Waals surface area contributed by atoms with Gasteiger partial charge in [-0.2, -0.15) is 5.10 Å². The fraction of sp³-hybridized carbons (Fsp3) is 0.0667. The molecule has 0 spiro atoms. The maximum atomic E-state index is 10.6. The van der Waals surface area contributed by atoms with Crippen LogP contribution in [0.1, 0.15) is 11.1 Å². The number of nitro groups is 1. The zero-order chi connectivity index (χ0) is 15.5. The second kappa shape index (κ2) is 5.90. The Hall–Kier alpha value is -2.80. The predicted octanol–water partition coefficient (Wildman–Crippen LogP) is 3.96. The predicted molar refractivity (Wildman–Crippen MR) is 88.7 cm³/mol. The minimum atomic E-state index is -0.428. The summed E-state index contributed by atoms with van der Waals surface area (Å²) in [5, 5.41) is 15.4. The molecule has 1 N–H and O–H groups in total. The van der Waals surface area contributed by atoms with Gasteiger partial charge in [0.15, 0.2) is 0 Å². The van der Waals surface area contributed by atoms with Crippen molar-refractivity contribution < 1.29 is 4.92 Å². The van der Waals surface area contributed by atoms with E-state index in [2.05, 4.69) is 15.5 Å². The Morgan fingerprint density at radius 2 is 2.05 bits per heavy atom. The third kappa shape index (κ3) is 2.94. The molecule has 1 aromatic heterocycles. The molecule has 0 atom stereocenters. The fourth-order valence-corrected chi connectivity index (χ4v) is 2.86. The van der Waals surface area contributed by atoms with Crippen molar-refractivity contribution in [2.75, 3.05) is 5.43 Å². The highest BCUT2D eigenvalue weighted by atomic mass is 32.1. The molecule has 0 saturated heterocycles. The van der Waals surface area contributed by atoms with Gasteiger partial charge in [-0.3, -0.25) is 15.5 Å². The van der Waals surface area contributed by atoms with Gasteiger partial charge in [0.2, 0.25) is 5.13 Å². The summed E-state index contributed by atoms with van der Waals surface area (Å²) in [6.45, 7) is 2.05. The van der Waals surface area contributed by atoms with Gasteiger partial charge in [0, 0.05) is 12.1 Å². The molecule has 6 nitrogen and oxygen atoms in total. The summed E-state index contributed by atoms with van der Waals surface area (Å²) in [7, 11) is 0. The van der Waals surface area contributed by atoms with Crippen molar-refractivity contribution in [2.24, 2.45) is 5.10 Å². The van der Waals surface area contributed by atoms with Gasteiger partial charge in [-0.15, -0.1) is 0 Å². The molecule has 1 heterocycles. The third-order valence-electron chi connectivity index (χ3n) is 3.09. The summed E-state index contributed by atoms with van der Waals surface area (Å²) in [5.41, 5.74) is 5.85. The molecule has 0 radical (unpaired) electrons. The Morgan fingerprint density at radius 1 is 1.27 bits per heavy atom. The topological polar surface area (TPSA) is 80.4 Å². The number of anilines is 1. The monoisotopic (exact) mass is 312 g/mol. The minimum absolute atomic E-state index is 0.0618. The largest absolute Gasteiger partial charge is 0.269 e. The van der Waals surface area contributed by atoms with E-state index in [0.29, 0.717) is 5.13 Å². The number of aromatic nitrogens is 1. The van der Waals surface area contributed by atoms with Crippen molar-refractivity contribution in [3.05, 3.63) is 63.7 Å². The number of benzene rings is 2.